The van der Waals surface area contributed by atoms with E-state index in [-0.39, 0.29) is 11.8 Å². The highest BCUT2D eigenvalue weighted by molar-refractivity contribution is 9.10. The number of halogens is 1. The third-order valence-corrected chi connectivity index (χ3v) is 7.96. The lowest BCUT2D eigenvalue weighted by molar-refractivity contribution is -0.122. The van der Waals surface area contributed by atoms with Gasteiger partial charge in [-0.3, -0.25) is 14.5 Å². The molecule has 2 aliphatic heterocycles. The molecule has 8 heteroatoms. The maximum absolute atomic E-state index is 13.7. The molecule has 0 aliphatic carbocycles. The minimum atomic E-state index is -0.218. The lowest BCUT2D eigenvalue weighted by Crippen LogP contribution is -2.31. The molecule has 0 spiro atoms. The maximum atomic E-state index is 13.7. The SMILES string of the molecule is COc1ccc(CCN2C(=O)C(=C3C(=O)N(Cc4ccccc4)c4ccc(Br)cc43)SC2=S)cc1. The van der Waals surface area contributed by atoms with Crippen molar-refractivity contribution in [1.82, 2.24) is 4.90 Å². The predicted octanol–water partition coefficient (Wildman–Crippen LogP) is 5.82. The lowest BCUT2D eigenvalue weighted by Gasteiger charge is -2.17. The molecule has 0 radical (unpaired) electrons. The molecule has 5 nitrogen and oxygen atoms in total. The maximum Gasteiger partial charge on any atom is 0.267 e. The number of thioether (sulfide) groups is 1. The zero-order valence-electron chi connectivity index (χ0n) is 18.9. The van der Waals surface area contributed by atoms with Crippen LogP contribution in [0, 0.1) is 0 Å². The van der Waals surface area contributed by atoms with Crippen molar-refractivity contribution in [2.24, 2.45) is 0 Å². The Kier molecular flexibility index (Phi) is 6.77. The number of nitrogens with zero attached hydrogens (tertiary/aromatic N) is 2. The topological polar surface area (TPSA) is 49.9 Å². The summed E-state index contributed by atoms with van der Waals surface area (Å²) < 4.78 is 6.53. The Morgan fingerprint density at radius 1 is 0.914 bits per heavy atom. The number of ether oxygens (including phenoxy) is 1. The van der Waals surface area contributed by atoms with E-state index in [1.54, 1.807) is 16.9 Å². The zero-order chi connectivity index (χ0) is 24.5. The van der Waals surface area contributed by atoms with Gasteiger partial charge in [0.2, 0.25) is 0 Å². The van der Waals surface area contributed by atoms with Crippen molar-refractivity contribution in [1.29, 1.82) is 0 Å². The van der Waals surface area contributed by atoms with Crippen molar-refractivity contribution in [3.05, 3.63) is 98.9 Å². The van der Waals surface area contributed by atoms with Crippen LogP contribution in [-0.2, 0) is 22.6 Å². The molecule has 2 aliphatic rings. The quantitative estimate of drug-likeness (QED) is 0.279. The third kappa shape index (κ3) is 4.66. The molecule has 3 aromatic rings. The molecule has 5 rings (SSSR count). The monoisotopic (exact) mass is 564 g/mol. The molecule has 0 atom stereocenters. The van der Waals surface area contributed by atoms with Gasteiger partial charge in [0.25, 0.3) is 11.8 Å². The van der Waals surface area contributed by atoms with Crippen LogP contribution in [0.15, 0.2) is 82.2 Å². The first-order valence-electron chi connectivity index (χ1n) is 11.0. The van der Waals surface area contributed by atoms with Gasteiger partial charge in [0.15, 0.2) is 0 Å². The highest BCUT2D eigenvalue weighted by Crippen LogP contribution is 2.46. The van der Waals surface area contributed by atoms with E-state index in [4.69, 9.17) is 17.0 Å². The van der Waals surface area contributed by atoms with Gasteiger partial charge in [-0.2, -0.15) is 0 Å². The van der Waals surface area contributed by atoms with Gasteiger partial charge >= 0.3 is 0 Å². The van der Waals surface area contributed by atoms with Crippen LogP contribution < -0.4 is 9.64 Å². The summed E-state index contributed by atoms with van der Waals surface area (Å²) in [6.07, 6.45) is 0.648. The number of carbonyl (C=O) groups is 2. The molecule has 3 aromatic carbocycles. The molecule has 2 heterocycles. The van der Waals surface area contributed by atoms with Crippen molar-refractivity contribution < 1.29 is 14.3 Å². The van der Waals surface area contributed by atoms with Crippen LogP contribution >= 0.6 is 39.9 Å². The van der Waals surface area contributed by atoms with Crippen molar-refractivity contribution in [2.45, 2.75) is 13.0 Å². The number of benzene rings is 3. The Balaban J connectivity index is 1.44. The molecular weight excluding hydrogens is 544 g/mol. The minimum absolute atomic E-state index is 0.183. The van der Waals surface area contributed by atoms with Crippen molar-refractivity contribution in [2.75, 3.05) is 18.6 Å². The molecule has 0 aromatic heterocycles. The van der Waals surface area contributed by atoms with Gasteiger partial charge in [0.05, 0.1) is 29.8 Å². The number of hydrogen-bond acceptors (Lipinski definition) is 5. The summed E-state index contributed by atoms with van der Waals surface area (Å²) in [5.41, 5.74) is 4.05. The van der Waals surface area contributed by atoms with E-state index in [0.29, 0.717) is 34.3 Å². The molecule has 0 saturated carbocycles. The standard InChI is InChI=1S/C27H21BrN2O3S2/c1-33-20-10-7-17(8-11-20)13-14-29-26(32)24(35-27(29)34)23-21-15-19(28)9-12-22(21)30(25(23)31)16-18-5-3-2-4-6-18/h2-12,15H,13-14,16H2,1H3. The van der Waals surface area contributed by atoms with Crippen LogP contribution in [0.1, 0.15) is 16.7 Å². The summed E-state index contributed by atoms with van der Waals surface area (Å²) >= 11 is 10.3. The summed E-state index contributed by atoms with van der Waals surface area (Å²) in [5, 5.41) is 0. The Morgan fingerprint density at radius 2 is 1.66 bits per heavy atom. The van der Waals surface area contributed by atoms with Crippen molar-refractivity contribution in [3.8, 4) is 5.75 Å². The molecular formula is C27H21BrN2O3S2. The number of carbonyl (C=O) groups excluding carboxylic acids is 2. The Hall–Kier alpha value is -2.94. The molecule has 1 fully saturated rings. The molecule has 0 N–H and O–H groups in total. The number of thiocarbonyl (C=S) groups is 1. The van der Waals surface area contributed by atoms with Crippen LogP contribution in [0.3, 0.4) is 0 Å². The normalized spacial score (nSPS) is 17.4. The Morgan fingerprint density at radius 3 is 2.37 bits per heavy atom. The molecule has 0 bridgehead atoms. The molecule has 35 heavy (non-hydrogen) atoms. The van der Waals surface area contributed by atoms with Crippen molar-refractivity contribution >= 4 is 67.3 Å². The number of fused-ring (bicyclic) bond motifs is 1. The van der Waals surface area contributed by atoms with E-state index in [2.05, 4.69) is 15.9 Å². The van der Waals surface area contributed by atoms with Gasteiger partial charge in [0.1, 0.15) is 10.1 Å². The third-order valence-electron chi connectivity index (χ3n) is 6.02. The summed E-state index contributed by atoms with van der Waals surface area (Å²) in [5.74, 6) is 0.385. The summed E-state index contributed by atoms with van der Waals surface area (Å²) in [7, 11) is 1.63. The Labute approximate surface area is 221 Å². The second-order valence-corrected chi connectivity index (χ2v) is 10.7. The van der Waals surface area contributed by atoms with E-state index in [1.165, 1.54) is 11.8 Å². The number of amides is 2. The van der Waals surface area contributed by atoms with E-state index in [0.717, 1.165) is 32.6 Å². The number of rotatable bonds is 6. The summed E-state index contributed by atoms with van der Waals surface area (Å²) in [6, 6.07) is 23.3. The Bertz CT molecular complexity index is 1360. The van der Waals surface area contributed by atoms with Crippen LogP contribution in [0.4, 0.5) is 5.69 Å². The number of hydrogen-bond donors (Lipinski definition) is 0. The van der Waals surface area contributed by atoms with Crippen LogP contribution in [0.2, 0.25) is 0 Å². The van der Waals surface area contributed by atoms with Gasteiger partial charge in [0, 0.05) is 16.6 Å². The second kappa shape index (κ2) is 9.97. The fourth-order valence-electron chi connectivity index (χ4n) is 4.22. The molecule has 0 unspecified atom stereocenters. The van der Waals surface area contributed by atoms with Crippen LogP contribution in [0.5, 0.6) is 5.75 Å². The van der Waals surface area contributed by atoms with Gasteiger partial charge in [-0.15, -0.1) is 0 Å². The van der Waals surface area contributed by atoms with E-state index in [9.17, 15) is 9.59 Å². The fourth-order valence-corrected chi connectivity index (χ4v) is 5.96. The number of anilines is 1. The largest absolute Gasteiger partial charge is 0.497 e. The average Bonchev–Trinajstić information content (AvgIpc) is 3.29. The van der Waals surface area contributed by atoms with E-state index < -0.39 is 0 Å². The highest BCUT2D eigenvalue weighted by atomic mass is 79.9. The average molecular weight is 566 g/mol. The summed E-state index contributed by atoms with van der Waals surface area (Å²) in [6.45, 7) is 0.872. The first kappa shape index (κ1) is 23.8. The molecule has 176 valence electrons. The van der Waals surface area contributed by atoms with Crippen LogP contribution in [-0.4, -0.2) is 34.7 Å². The fraction of sp³-hybridized carbons (Fsp3) is 0.148. The number of methoxy groups -OCH3 is 1. The van der Waals surface area contributed by atoms with Gasteiger partial charge in [-0.25, -0.2) is 0 Å². The first-order valence-corrected chi connectivity index (χ1v) is 13.0. The van der Waals surface area contributed by atoms with E-state index >= 15 is 0 Å². The molecule has 2 amide bonds. The van der Waals surface area contributed by atoms with Gasteiger partial charge in [-0.1, -0.05) is 82.4 Å². The predicted molar refractivity (Wildman–Crippen MR) is 147 cm³/mol. The second-order valence-electron chi connectivity index (χ2n) is 8.17. The van der Waals surface area contributed by atoms with E-state index in [1.807, 2.05) is 72.8 Å². The lowest BCUT2D eigenvalue weighted by atomic mass is 10.1. The first-order chi connectivity index (χ1) is 17.0. The van der Waals surface area contributed by atoms with Gasteiger partial charge < -0.3 is 9.64 Å². The highest BCUT2D eigenvalue weighted by Gasteiger charge is 2.42. The minimum Gasteiger partial charge on any atom is -0.497 e. The van der Waals surface area contributed by atoms with Crippen LogP contribution in [0.25, 0.3) is 5.57 Å². The summed E-state index contributed by atoms with van der Waals surface area (Å²) in [4.78, 5) is 30.9. The van der Waals surface area contributed by atoms with Gasteiger partial charge in [-0.05, 0) is 47.9 Å². The molecule has 1 saturated heterocycles. The van der Waals surface area contributed by atoms with Crippen molar-refractivity contribution in [3.63, 3.8) is 0 Å². The zero-order valence-corrected chi connectivity index (χ0v) is 22.1. The smallest absolute Gasteiger partial charge is 0.267 e.